The number of carbonyl (C=O) groups is 1. The number of thiazole rings is 1. The molecule has 4 rings (SSSR count). The number of hydrogen-bond donors (Lipinski definition) is 1. The molecule has 2 heterocycles. The normalized spacial score (nSPS) is 15.8. The number of hydrogen-bond acceptors (Lipinski definition) is 6. The van der Waals surface area contributed by atoms with Gasteiger partial charge in [0, 0.05) is 27.0 Å². The van der Waals surface area contributed by atoms with E-state index in [4.69, 9.17) is 4.74 Å². The molecule has 1 aliphatic carbocycles. The van der Waals surface area contributed by atoms with Crippen molar-refractivity contribution < 1.29 is 9.53 Å². The van der Waals surface area contributed by atoms with Gasteiger partial charge in [0.05, 0.1) is 21.6 Å². The fourth-order valence-electron chi connectivity index (χ4n) is 4.33. The summed E-state index contributed by atoms with van der Waals surface area (Å²) in [5.74, 6) is 0.796. The Morgan fingerprint density at radius 1 is 1.27 bits per heavy atom. The van der Waals surface area contributed by atoms with Crippen LogP contribution < -0.4 is 10.1 Å². The van der Waals surface area contributed by atoms with Crippen molar-refractivity contribution in [2.24, 2.45) is 0 Å². The van der Waals surface area contributed by atoms with Crippen molar-refractivity contribution in [2.45, 2.75) is 51.7 Å². The van der Waals surface area contributed by atoms with Crippen LogP contribution in [0, 0.1) is 13.8 Å². The van der Waals surface area contributed by atoms with E-state index in [0.717, 1.165) is 49.7 Å². The fraction of sp³-hybridized carbons (Fsp3) is 0.478. The van der Waals surface area contributed by atoms with Gasteiger partial charge in [-0.2, -0.15) is 0 Å². The Hall–Kier alpha value is -1.96. The highest BCUT2D eigenvalue weighted by atomic mass is 32.1. The summed E-state index contributed by atoms with van der Waals surface area (Å²) >= 11 is 3.27. The van der Waals surface area contributed by atoms with Gasteiger partial charge in [-0.25, -0.2) is 4.98 Å². The second-order valence-corrected chi connectivity index (χ2v) is 10.5. The number of aromatic nitrogens is 1. The molecule has 1 saturated carbocycles. The zero-order valence-electron chi connectivity index (χ0n) is 18.1. The van der Waals surface area contributed by atoms with Crippen LogP contribution in [0.2, 0.25) is 0 Å². The topological polar surface area (TPSA) is 54.5 Å². The molecule has 160 valence electrons. The number of benzene rings is 1. The first-order valence-corrected chi connectivity index (χ1v) is 12.1. The lowest BCUT2D eigenvalue weighted by atomic mass is 9.95. The summed E-state index contributed by atoms with van der Waals surface area (Å²) in [5.41, 5.74) is 3.71. The van der Waals surface area contributed by atoms with Crippen molar-refractivity contribution in [3.63, 3.8) is 0 Å². The summed E-state index contributed by atoms with van der Waals surface area (Å²) < 4.78 is 7.12. The molecule has 1 amide bonds. The van der Waals surface area contributed by atoms with Gasteiger partial charge in [-0.05, 0) is 59.0 Å². The molecule has 0 spiro atoms. The maximum atomic E-state index is 13.2. The van der Waals surface area contributed by atoms with Crippen molar-refractivity contribution in [1.82, 2.24) is 15.2 Å². The Morgan fingerprint density at radius 2 is 2.03 bits per heavy atom. The van der Waals surface area contributed by atoms with Crippen LogP contribution in [0.1, 0.15) is 51.5 Å². The summed E-state index contributed by atoms with van der Waals surface area (Å²) in [5, 5.41) is 4.21. The van der Waals surface area contributed by atoms with Gasteiger partial charge in [0.1, 0.15) is 12.4 Å². The first-order valence-electron chi connectivity index (χ1n) is 10.4. The average Bonchev–Trinajstić information content (AvgIpc) is 3.43. The van der Waals surface area contributed by atoms with Gasteiger partial charge in [0.2, 0.25) is 0 Å². The van der Waals surface area contributed by atoms with E-state index in [1.165, 1.54) is 12.8 Å². The molecule has 2 aromatic heterocycles. The molecule has 3 aromatic rings. The zero-order chi connectivity index (χ0) is 21.3. The van der Waals surface area contributed by atoms with Crippen molar-refractivity contribution in [3.05, 3.63) is 44.7 Å². The number of amides is 1. The molecule has 0 bridgehead atoms. The van der Waals surface area contributed by atoms with E-state index in [0.29, 0.717) is 13.2 Å². The quantitative estimate of drug-likeness (QED) is 0.548. The molecule has 0 saturated heterocycles. The Morgan fingerprint density at radius 3 is 2.70 bits per heavy atom. The van der Waals surface area contributed by atoms with Crippen LogP contribution in [0.15, 0.2) is 23.7 Å². The van der Waals surface area contributed by atoms with E-state index in [-0.39, 0.29) is 11.4 Å². The van der Waals surface area contributed by atoms with Gasteiger partial charge in [-0.1, -0.05) is 12.8 Å². The Kier molecular flexibility index (Phi) is 6.14. The second kappa shape index (κ2) is 8.65. The molecule has 1 aliphatic rings. The minimum atomic E-state index is 0.0160. The summed E-state index contributed by atoms with van der Waals surface area (Å²) in [6, 6.07) is 6.04. The largest absolute Gasteiger partial charge is 0.488 e. The number of thiophene rings is 1. The van der Waals surface area contributed by atoms with Crippen LogP contribution >= 0.6 is 22.7 Å². The van der Waals surface area contributed by atoms with Crippen molar-refractivity contribution in [3.8, 4) is 5.75 Å². The molecule has 0 unspecified atom stereocenters. The molecular weight excluding hydrogens is 414 g/mol. The van der Waals surface area contributed by atoms with Crippen LogP contribution in [0.4, 0.5) is 0 Å². The molecule has 0 aliphatic heterocycles. The predicted molar refractivity (Wildman–Crippen MR) is 125 cm³/mol. The highest BCUT2D eigenvalue weighted by Crippen LogP contribution is 2.35. The van der Waals surface area contributed by atoms with Gasteiger partial charge in [-0.3, -0.25) is 4.79 Å². The molecule has 1 fully saturated rings. The molecule has 7 heteroatoms. The maximum absolute atomic E-state index is 13.2. The third kappa shape index (κ3) is 4.11. The van der Waals surface area contributed by atoms with Crippen molar-refractivity contribution >= 4 is 38.7 Å². The average molecular weight is 444 g/mol. The summed E-state index contributed by atoms with van der Waals surface area (Å²) in [6.07, 6.45) is 4.74. The number of aryl methyl sites for hydroxylation is 2. The predicted octanol–water partition coefficient (Wildman–Crippen LogP) is 5.16. The lowest BCUT2D eigenvalue weighted by molar-refractivity contribution is 0.0901. The maximum Gasteiger partial charge on any atom is 0.253 e. The van der Waals surface area contributed by atoms with E-state index in [9.17, 15) is 4.79 Å². The number of carbonyl (C=O) groups excluding carboxylic acids is 1. The van der Waals surface area contributed by atoms with Gasteiger partial charge >= 0.3 is 0 Å². The molecular formula is C23H29N3O2S2. The number of rotatable bonds is 7. The third-order valence-electron chi connectivity index (χ3n) is 6.34. The van der Waals surface area contributed by atoms with Crippen LogP contribution in [-0.4, -0.2) is 42.0 Å². The lowest BCUT2D eigenvalue weighted by Crippen LogP contribution is -2.50. The zero-order valence-corrected chi connectivity index (χ0v) is 19.7. The number of ether oxygens (including phenoxy) is 1. The first-order chi connectivity index (χ1) is 14.4. The van der Waals surface area contributed by atoms with Crippen molar-refractivity contribution in [1.29, 1.82) is 0 Å². The molecule has 1 aromatic carbocycles. The molecule has 0 radical (unpaired) electrons. The van der Waals surface area contributed by atoms with Crippen LogP contribution in [0.3, 0.4) is 0 Å². The minimum absolute atomic E-state index is 0.0160. The van der Waals surface area contributed by atoms with E-state index in [2.05, 4.69) is 35.4 Å². The van der Waals surface area contributed by atoms with E-state index in [1.807, 2.05) is 31.5 Å². The molecule has 0 atom stereocenters. The highest BCUT2D eigenvalue weighted by Gasteiger charge is 2.36. The monoisotopic (exact) mass is 443 g/mol. The number of nitrogens with zero attached hydrogens (tertiary/aromatic N) is 2. The highest BCUT2D eigenvalue weighted by molar-refractivity contribution is 7.19. The Labute approximate surface area is 186 Å². The molecule has 30 heavy (non-hydrogen) atoms. The van der Waals surface area contributed by atoms with Crippen LogP contribution in [0.5, 0.6) is 5.75 Å². The Bertz CT molecular complexity index is 1050. The van der Waals surface area contributed by atoms with E-state index < -0.39 is 0 Å². The van der Waals surface area contributed by atoms with Crippen molar-refractivity contribution in [2.75, 3.05) is 20.6 Å². The third-order valence-corrected chi connectivity index (χ3v) is 8.33. The smallest absolute Gasteiger partial charge is 0.253 e. The van der Waals surface area contributed by atoms with Gasteiger partial charge in [0.25, 0.3) is 5.91 Å². The SMILES string of the molecule is Cc1ncsc1COc1ccc2sc(C)c(C(=O)NCC3(N(C)C)CCCC3)c2c1. The van der Waals surface area contributed by atoms with Gasteiger partial charge < -0.3 is 15.0 Å². The van der Waals surface area contributed by atoms with Crippen LogP contribution in [0.25, 0.3) is 10.1 Å². The van der Waals surface area contributed by atoms with E-state index >= 15 is 0 Å². The second-order valence-electron chi connectivity index (χ2n) is 8.35. The Balaban J connectivity index is 1.53. The van der Waals surface area contributed by atoms with Gasteiger partial charge in [0.15, 0.2) is 0 Å². The summed E-state index contributed by atoms with van der Waals surface area (Å²) in [6.45, 7) is 5.21. The first kappa shape index (κ1) is 21.3. The summed E-state index contributed by atoms with van der Waals surface area (Å²) in [7, 11) is 4.24. The van der Waals surface area contributed by atoms with Crippen LogP contribution in [-0.2, 0) is 6.61 Å². The molecule has 5 nitrogen and oxygen atoms in total. The minimum Gasteiger partial charge on any atom is -0.488 e. The molecule has 1 N–H and O–H groups in total. The fourth-order valence-corrected chi connectivity index (χ4v) is 6.06. The lowest BCUT2D eigenvalue weighted by Gasteiger charge is -2.36. The van der Waals surface area contributed by atoms with E-state index in [1.54, 1.807) is 22.7 Å². The summed E-state index contributed by atoms with van der Waals surface area (Å²) in [4.78, 5) is 21.9. The number of fused-ring (bicyclic) bond motifs is 1. The number of likely N-dealkylation sites (N-methyl/N-ethyl adjacent to an activating group) is 1. The standard InChI is InChI=1S/C23H29N3O2S2/c1-15-20(29-14-25-15)12-28-17-7-8-19-18(11-17)21(16(2)30-19)22(27)24-13-23(26(3)4)9-5-6-10-23/h7-8,11,14H,5-6,9-10,12-13H2,1-4H3,(H,24,27). The number of nitrogens with one attached hydrogen (secondary N) is 1. The van der Waals surface area contributed by atoms with Gasteiger partial charge in [-0.15, -0.1) is 22.7 Å².